The highest BCUT2D eigenvalue weighted by atomic mass is 19.1. The van der Waals surface area contributed by atoms with Crippen LogP contribution in [0.15, 0.2) is 48.5 Å². The summed E-state index contributed by atoms with van der Waals surface area (Å²) in [6.07, 6.45) is 0.277. The van der Waals surface area contributed by atoms with Crippen LogP contribution in [0.2, 0.25) is 0 Å². The van der Waals surface area contributed by atoms with E-state index in [0.717, 1.165) is 6.42 Å². The van der Waals surface area contributed by atoms with E-state index in [2.05, 4.69) is 0 Å². The van der Waals surface area contributed by atoms with Gasteiger partial charge in [0, 0.05) is 24.2 Å². The molecule has 2 aromatic carbocycles. The maximum atomic E-state index is 13.0. The number of ether oxygens (including phenoxy) is 1. The van der Waals surface area contributed by atoms with Crippen molar-refractivity contribution < 1.29 is 23.5 Å². The van der Waals surface area contributed by atoms with Crippen molar-refractivity contribution in [3.8, 4) is 0 Å². The number of ketones is 1. The third kappa shape index (κ3) is 3.79. The molecule has 0 aromatic heterocycles. The Morgan fingerprint density at radius 1 is 1.12 bits per heavy atom. The number of nitrogens with zero attached hydrogens (tertiary/aromatic N) is 1. The molecule has 5 nitrogen and oxygen atoms in total. The third-order valence-corrected chi connectivity index (χ3v) is 4.25. The summed E-state index contributed by atoms with van der Waals surface area (Å²) >= 11 is 0. The Bertz CT molecular complexity index is 847. The van der Waals surface area contributed by atoms with E-state index in [4.69, 9.17) is 4.74 Å². The molecule has 2 aromatic rings. The normalized spacial score (nSPS) is 15.0. The molecule has 0 aliphatic carbocycles. The summed E-state index contributed by atoms with van der Waals surface area (Å²) in [6.45, 7) is 2.09. The van der Waals surface area contributed by atoms with E-state index in [0.29, 0.717) is 18.7 Å². The van der Waals surface area contributed by atoms with Crippen LogP contribution < -0.4 is 4.90 Å². The molecule has 0 bridgehead atoms. The number of benzene rings is 2. The highest BCUT2D eigenvalue weighted by Crippen LogP contribution is 2.23. The lowest BCUT2D eigenvalue weighted by Crippen LogP contribution is -2.25. The van der Waals surface area contributed by atoms with Gasteiger partial charge in [-0.2, -0.15) is 0 Å². The lowest BCUT2D eigenvalue weighted by atomic mass is 10.1. The Morgan fingerprint density at radius 3 is 2.50 bits per heavy atom. The van der Waals surface area contributed by atoms with Crippen LogP contribution in [-0.2, 0) is 9.53 Å². The minimum Gasteiger partial charge on any atom is -0.451 e. The zero-order chi connectivity index (χ0) is 18.7. The molecular formula is C20H18FNO4. The van der Waals surface area contributed by atoms with Crippen molar-refractivity contribution in [2.24, 2.45) is 0 Å². The van der Waals surface area contributed by atoms with E-state index >= 15 is 0 Å². The minimum absolute atomic E-state index is 0.0235. The summed E-state index contributed by atoms with van der Waals surface area (Å²) in [7, 11) is 0. The van der Waals surface area contributed by atoms with Crippen molar-refractivity contribution in [1.29, 1.82) is 0 Å². The predicted molar refractivity (Wildman–Crippen MR) is 93.6 cm³/mol. The average molecular weight is 355 g/mol. The SMILES string of the molecule is C[C@H](OC(=O)c1cccc(N2CCCC2=O)c1)C(=O)c1ccc(F)cc1. The lowest BCUT2D eigenvalue weighted by Gasteiger charge is -2.17. The van der Waals surface area contributed by atoms with Crippen molar-refractivity contribution in [3.05, 3.63) is 65.5 Å². The summed E-state index contributed by atoms with van der Waals surface area (Å²) < 4.78 is 18.2. The van der Waals surface area contributed by atoms with Gasteiger partial charge in [-0.1, -0.05) is 6.07 Å². The van der Waals surface area contributed by atoms with Crippen molar-refractivity contribution in [3.63, 3.8) is 0 Å². The fourth-order valence-electron chi connectivity index (χ4n) is 2.85. The molecule has 1 atom stereocenters. The topological polar surface area (TPSA) is 63.7 Å². The van der Waals surface area contributed by atoms with Crippen LogP contribution in [0.25, 0.3) is 0 Å². The van der Waals surface area contributed by atoms with Crippen molar-refractivity contribution in [2.45, 2.75) is 25.9 Å². The van der Waals surface area contributed by atoms with Gasteiger partial charge < -0.3 is 9.64 Å². The highest BCUT2D eigenvalue weighted by molar-refractivity contribution is 6.02. The van der Waals surface area contributed by atoms with Gasteiger partial charge in [0.1, 0.15) is 5.82 Å². The number of rotatable bonds is 5. The zero-order valence-electron chi connectivity index (χ0n) is 14.3. The number of esters is 1. The Kier molecular flexibility index (Phi) is 5.11. The summed E-state index contributed by atoms with van der Waals surface area (Å²) in [5, 5.41) is 0. The molecule has 0 saturated carbocycles. The molecule has 1 heterocycles. The van der Waals surface area contributed by atoms with Crippen LogP contribution in [0, 0.1) is 5.82 Å². The van der Waals surface area contributed by atoms with Crippen LogP contribution in [0.1, 0.15) is 40.5 Å². The van der Waals surface area contributed by atoms with Crippen LogP contribution >= 0.6 is 0 Å². The molecular weight excluding hydrogens is 337 g/mol. The monoisotopic (exact) mass is 355 g/mol. The number of halogens is 1. The number of hydrogen-bond acceptors (Lipinski definition) is 4. The van der Waals surface area contributed by atoms with Crippen LogP contribution in [0.3, 0.4) is 0 Å². The van der Waals surface area contributed by atoms with Crippen molar-refractivity contribution >= 4 is 23.3 Å². The third-order valence-electron chi connectivity index (χ3n) is 4.25. The second-order valence-corrected chi connectivity index (χ2v) is 6.12. The Hall–Kier alpha value is -3.02. The highest BCUT2D eigenvalue weighted by Gasteiger charge is 2.24. The Morgan fingerprint density at radius 2 is 1.85 bits per heavy atom. The number of anilines is 1. The first kappa shape index (κ1) is 17.8. The van der Waals surface area contributed by atoms with Gasteiger partial charge in [-0.15, -0.1) is 0 Å². The molecule has 1 fully saturated rings. The molecule has 0 radical (unpaired) electrons. The number of carbonyl (C=O) groups is 3. The van der Waals surface area contributed by atoms with E-state index in [1.807, 2.05) is 0 Å². The molecule has 0 spiro atoms. The van der Waals surface area contributed by atoms with E-state index in [9.17, 15) is 18.8 Å². The molecule has 1 saturated heterocycles. The van der Waals surface area contributed by atoms with Gasteiger partial charge in [-0.3, -0.25) is 9.59 Å². The number of carbonyl (C=O) groups excluding carboxylic acids is 3. The minimum atomic E-state index is -1.01. The predicted octanol–water partition coefficient (Wildman–Crippen LogP) is 3.38. The van der Waals surface area contributed by atoms with Crippen molar-refractivity contribution in [1.82, 2.24) is 0 Å². The molecule has 1 amide bonds. The second kappa shape index (κ2) is 7.47. The molecule has 134 valence electrons. The molecule has 0 N–H and O–H groups in total. The van der Waals surface area contributed by atoms with E-state index in [1.165, 1.54) is 31.2 Å². The first-order valence-corrected chi connectivity index (χ1v) is 8.37. The zero-order valence-corrected chi connectivity index (χ0v) is 14.3. The van der Waals surface area contributed by atoms with Gasteiger partial charge in [-0.05, 0) is 55.8 Å². The fourth-order valence-corrected chi connectivity index (χ4v) is 2.85. The number of amides is 1. The van der Waals surface area contributed by atoms with E-state index in [-0.39, 0.29) is 17.0 Å². The molecule has 6 heteroatoms. The molecule has 26 heavy (non-hydrogen) atoms. The smallest absolute Gasteiger partial charge is 0.338 e. The second-order valence-electron chi connectivity index (χ2n) is 6.12. The quantitative estimate of drug-likeness (QED) is 0.609. The Labute approximate surface area is 150 Å². The van der Waals surface area contributed by atoms with Crippen LogP contribution in [-0.4, -0.2) is 30.3 Å². The number of Topliss-reactive ketones (excluding diaryl/α,β-unsaturated/α-hetero) is 1. The fraction of sp³-hybridized carbons (Fsp3) is 0.250. The Balaban J connectivity index is 1.70. The average Bonchev–Trinajstić information content (AvgIpc) is 3.07. The van der Waals surface area contributed by atoms with E-state index < -0.39 is 23.7 Å². The van der Waals surface area contributed by atoms with Gasteiger partial charge in [0.2, 0.25) is 11.7 Å². The maximum Gasteiger partial charge on any atom is 0.338 e. The molecule has 1 aliphatic heterocycles. The van der Waals surface area contributed by atoms with Crippen LogP contribution in [0.5, 0.6) is 0 Å². The van der Waals surface area contributed by atoms with Gasteiger partial charge in [0.15, 0.2) is 6.10 Å². The number of hydrogen-bond donors (Lipinski definition) is 0. The van der Waals surface area contributed by atoms with Crippen LogP contribution in [0.4, 0.5) is 10.1 Å². The summed E-state index contributed by atoms with van der Waals surface area (Å²) in [5.74, 6) is -1.49. The van der Waals surface area contributed by atoms with Gasteiger partial charge >= 0.3 is 5.97 Å². The molecule has 3 rings (SSSR count). The van der Waals surface area contributed by atoms with E-state index in [1.54, 1.807) is 29.2 Å². The van der Waals surface area contributed by atoms with Gasteiger partial charge in [0.05, 0.1) is 5.56 Å². The van der Waals surface area contributed by atoms with Gasteiger partial charge in [0.25, 0.3) is 0 Å². The molecule has 0 unspecified atom stereocenters. The first-order chi connectivity index (χ1) is 12.5. The van der Waals surface area contributed by atoms with Crippen molar-refractivity contribution in [2.75, 3.05) is 11.4 Å². The van der Waals surface area contributed by atoms with Gasteiger partial charge in [-0.25, -0.2) is 9.18 Å². The largest absolute Gasteiger partial charge is 0.451 e. The maximum absolute atomic E-state index is 13.0. The first-order valence-electron chi connectivity index (χ1n) is 8.37. The standard InChI is InChI=1S/C20H18FNO4/c1-13(19(24)14-7-9-16(21)10-8-14)26-20(25)15-4-2-5-17(12-15)22-11-3-6-18(22)23/h2,4-5,7-10,12-13H,3,6,11H2,1H3/t13-/m0/s1. The lowest BCUT2D eigenvalue weighted by molar-refractivity contribution is -0.117. The summed E-state index contributed by atoms with van der Waals surface area (Å²) in [5.41, 5.74) is 1.17. The summed E-state index contributed by atoms with van der Waals surface area (Å²) in [4.78, 5) is 38.1. The summed E-state index contributed by atoms with van der Waals surface area (Å²) in [6, 6.07) is 11.6. The molecule has 1 aliphatic rings.